The lowest BCUT2D eigenvalue weighted by molar-refractivity contribution is -0.133. The number of amides is 2. The van der Waals surface area contributed by atoms with Crippen molar-refractivity contribution < 1.29 is 19.8 Å². The molecular weight excluding hydrogens is 464 g/mol. The van der Waals surface area contributed by atoms with Crippen LogP contribution in [0.3, 0.4) is 0 Å². The molecule has 2 aromatic carbocycles. The molecule has 0 radical (unpaired) electrons. The van der Waals surface area contributed by atoms with E-state index in [1.54, 1.807) is 0 Å². The molecule has 0 spiro atoms. The first kappa shape index (κ1) is 30.5. The minimum Gasteiger partial charge on any atom is -0.387 e. The highest BCUT2D eigenvalue weighted by atomic mass is 16.3. The summed E-state index contributed by atoms with van der Waals surface area (Å²) in [5.41, 5.74) is -0.621. The van der Waals surface area contributed by atoms with Crippen LogP contribution in [0.4, 0.5) is 0 Å². The molecule has 0 saturated carbocycles. The van der Waals surface area contributed by atoms with Crippen LogP contribution in [0.1, 0.15) is 109 Å². The molecule has 0 aliphatic heterocycles. The van der Waals surface area contributed by atoms with Crippen molar-refractivity contribution in [1.29, 1.82) is 0 Å². The van der Waals surface area contributed by atoms with Gasteiger partial charge in [0.1, 0.15) is 6.42 Å². The van der Waals surface area contributed by atoms with E-state index in [2.05, 4.69) is 10.6 Å². The van der Waals surface area contributed by atoms with Gasteiger partial charge in [-0.05, 0) is 36.8 Å². The van der Waals surface area contributed by atoms with Crippen LogP contribution in [-0.4, -0.2) is 33.2 Å². The van der Waals surface area contributed by atoms with Gasteiger partial charge in [0, 0.05) is 0 Å². The third-order valence-corrected chi connectivity index (χ3v) is 7.00. The predicted octanol–water partition coefficient (Wildman–Crippen LogP) is 5.75. The Labute approximate surface area is 222 Å². The maximum Gasteiger partial charge on any atom is 0.230 e. The van der Waals surface area contributed by atoms with Crippen LogP contribution in [0, 0.1) is 0 Å². The third kappa shape index (κ3) is 8.68. The van der Waals surface area contributed by atoms with Crippen molar-refractivity contribution in [3.8, 4) is 0 Å². The lowest BCUT2D eigenvalue weighted by Crippen LogP contribution is -2.49. The smallest absolute Gasteiger partial charge is 0.230 e. The minimum absolute atomic E-state index is 0.394. The largest absolute Gasteiger partial charge is 0.387 e. The van der Waals surface area contributed by atoms with E-state index in [1.165, 1.54) is 0 Å². The second-order valence-corrected chi connectivity index (χ2v) is 10.2. The molecule has 37 heavy (non-hydrogen) atoms. The average molecular weight is 511 g/mol. The van der Waals surface area contributed by atoms with Gasteiger partial charge in [-0.25, -0.2) is 0 Å². The lowest BCUT2D eigenvalue weighted by atomic mass is 9.81. The summed E-state index contributed by atoms with van der Waals surface area (Å²) in [6.45, 7) is 8.04. The minimum atomic E-state index is -1.12. The quantitative estimate of drug-likeness (QED) is 0.216. The number of carbonyl (C=O) groups is 2. The summed E-state index contributed by atoms with van der Waals surface area (Å²) in [7, 11) is 0. The van der Waals surface area contributed by atoms with Gasteiger partial charge in [-0.3, -0.25) is 9.59 Å². The Kier molecular flexibility index (Phi) is 12.3. The molecule has 0 aromatic heterocycles. The van der Waals surface area contributed by atoms with Crippen molar-refractivity contribution >= 4 is 11.8 Å². The van der Waals surface area contributed by atoms with E-state index < -0.39 is 41.5 Å². The van der Waals surface area contributed by atoms with Crippen LogP contribution in [-0.2, 0) is 9.59 Å². The monoisotopic (exact) mass is 510 g/mol. The summed E-state index contributed by atoms with van der Waals surface area (Å²) < 4.78 is 0. The molecule has 2 amide bonds. The zero-order chi connectivity index (χ0) is 27.3. The Balaban J connectivity index is 2.26. The molecule has 2 rings (SSSR count). The zero-order valence-corrected chi connectivity index (χ0v) is 23.0. The average Bonchev–Trinajstić information content (AvgIpc) is 2.87. The Hall–Kier alpha value is -2.70. The topological polar surface area (TPSA) is 98.7 Å². The van der Waals surface area contributed by atoms with Crippen molar-refractivity contribution in [2.75, 3.05) is 0 Å². The molecule has 6 heteroatoms. The van der Waals surface area contributed by atoms with Gasteiger partial charge in [-0.2, -0.15) is 0 Å². The summed E-state index contributed by atoms with van der Waals surface area (Å²) >= 11 is 0. The van der Waals surface area contributed by atoms with E-state index in [9.17, 15) is 19.8 Å². The number of hydrogen-bond donors (Lipinski definition) is 4. The van der Waals surface area contributed by atoms with Gasteiger partial charge in [0.2, 0.25) is 11.8 Å². The Morgan fingerprint density at radius 2 is 0.919 bits per heavy atom. The number of carbonyl (C=O) groups excluding carboxylic acids is 2. The van der Waals surface area contributed by atoms with Crippen LogP contribution in [0.5, 0.6) is 0 Å². The highest BCUT2D eigenvalue weighted by Crippen LogP contribution is 2.35. The van der Waals surface area contributed by atoms with Crippen LogP contribution in [0.2, 0.25) is 0 Å². The van der Waals surface area contributed by atoms with Crippen LogP contribution in [0.15, 0.2) is 60.7 Å². The van der Waals surface area contributed by atoms with Gasteiger partial charge in [0.15, 0.2) is 0 Å². The molecule has 6 nitrogen and oxygen atoms in total. The van der Waals surface area contributed by atoms with E-state index in [0.29, 0.717) is 25.7 Å². The van der Waals surface area contributed by atoms with Crippen LogP contribution in [0.25, 0.3) is 0 Å². The molecule has 0 bridgehead atoms. The predicted molar refractivity (Wildman–Crippen MR) is 149 cm³/mol. The fraction of sp³-hybridized carbons (Fsp3) is 0.548. The molecule has 2 atom stereocenters. The Morgan fingerprint density at radius 1 is 0.622 bits per heavy atom. The summed E-state index contributed by atoms with van der Waals surface area (Å²) in [5, 5.41) is 29.1. The number of benzene rings is 2. The molecular formula is C31H46N2O4. The highest BCUT2D eigenvalue weighted by Gasteiger charge is 2.39. The van der Waals surface area contributed by atoms with Crippen LogP contribution >= 0.6 is 0 Å². The molecule has 4 N–H and O–H groups in total. The van der Waals surface area contributed by atoms with Gasteiger partial charge >= 0.3 is 0 Å². The third-order valence-electron chi connectivity index (χ3n) is 7.00. The maximum atomic E-state index is 13.2. The highest BCUT2D eigenvalue weighted by molar-refractivity contribution is 5.97. The summed E-state index contributed by atoms with van der Waals surface area (Å²) in [6.07, 6.45) is 4.80. The van der Waals surface area contributed by atoms with E-state index in [1.807, 2.05) is 88.4 Å². The lowest BCUT2D eigenvalue weighted by Gasteiger charge is -2.38. The molecule has 0 aliphatic rings. The first-order valence-electron chi connectivity index (χ1n) is 13.9. The first-order chi connectivity index (χ1) is 17.7. The van der Waals surface area contributed by atoms with E-state index in [-0.39, 0.29) is 0 Å². The second-order valence-electron chi connectivity index (χ2n) is 10.2. The molecule has 0 fully saturated rings. The Morgan fingerprint density at radius 3 is 1.19 bits per heavy atom. The summed E-state index contributed by atoms with van der Waals surface area (Å²) in [6, 6.07) is 17.6. The fourth-order valence-corrected chi connectivity index (χ4v) is 5.48. The van der Waals surface area contributed by atoms with Gasteiger partial charge in [0.05, 0.1) is 23.3 Å². The van der Waals surface area contributed by atoms with Gasteiger partial charge in [0.25, 0.3) is 0 Å². The first-order valence-corrected chi connectivity index (χ1v) is 13.9. The summed E-state index contributed by atoms with van der Waals surface area (Å²) in [5.74, 6) is -0.920. The molecule has 0 aliphatic carbocycles. The van der Waals surface area contributed by atoms with E-state index >= 15 is 0 Å². The van der Waals surface area contributed by atoms with Crippen molar-refractivity contribution in [3.63, 3.8) is 0 Å². The second kappa shape index (κ2) is 14.9. The standard InChI is InChI=1S/C31H46N2O4/c1-5-19-30(36,20-6-2)28(24-15-11-9-12-16-24)32-26(34)23-27(35)33-29(25-17-13-10-14-18-25)31(37,21-7-3)22-8-4/h9-18,28-29,36-37H,5-8,19-23H2,1-4H3,(H,32,34)(H,33,35). The summed E-state index contributed by atoms with van der Waals surface area (Å²) in [4.78, 5) is 26.3. The van der Waals surface area contributed by atoms with Gasteiger partial charge in [-0.1, -0.05) is 114 Å². The fourth-order valence-electron chi connectivity index (χ4n) is 5.48. The molecule has 0 saturated heterocycles. The van der Waals surface area contributed by atoms with Crippen molar-refractivity contribution in [2.45, 2.75) is 109 Å². The number of hydrogen-bond acceptors (Lipinski definition) is 4. The molecule has 2 unspecified atom stereocenters. The van der Waals surface area contributed by atoms with E-state index in [4.69, 9.17) is 0 Å². The molecule has 204 valence electrons. The number of rotatable bonds is 16. The number of aliphatic hydroxyl groups is 2. The van der Waals surface area contributed by atoms with Crippen molar-refractivity contribution in [3.05, 3.63) is 71.8 Å². The van der Waals surface area contributed by atoms with E-state index in [0.717, 1.165) is 36.8 Å². The zero-order valence-electron chi connectivity index (χ0n) is 23.0. The SMILES string of the molecule is CCCC(O)(CCC)C(NC(=O)CC(=O)NC(c1ccccc1)C(O)(CCC)CCC)c1ccccc1. The van der Waals surface area contributed by atoms with Gasteiger partial charge in [-0.15, -0.1) is 0 Å². The molecule has 0 heterocycles. The Bertz CT molecular complexity index is 859. The van der Waals surface area contributed by atoms with Gasteiger partial charge < -0.3 is 20.8 Å². The normalized spacial score (nSPS) is 13.6. The van der Waals surface area contributed by atoms with Crippen molar-refractivity contribution in [1.82, 2.24) is 10.6 Å². The van der Waals surface area contributed by atoms with Crippen molar-refractivity contribution in [2.24, 2.45) is 0 Å². The van der Waals surface area contributed by atoms with Crippen LogP contribution < -0.4 is 10.6 Å². The molecule has 2 aromatic rings. The maximum absolute atomic E-state index is 13.2. The number of nitrogens with one attached hydrogen (secondary N) is 2.